The van der Waals surface area contributed by atoms with Crippen LogP contribution in [0.25, 0.3) is 22.4 Å². The fraction of sp³-hybridized carbons (Fsp3) is 0.250. The molecule has 0 spiro atoms. The van der Waals surface area contributed by atoms with Crippen LogP contribution in [0.3, 0.4) is 0 Å². The molecule has 1 aromatic heterocycles. The van der Waals surface area contributed by atoms with Crippen molar-refractivity contribution in [3.8, 4) is 0 Å². The van der Waals surface area contributed by atoms with E-state index in [1.165, 1.54) is 4.70 Å². The zero-order valence-corrected chi connectivity index (χ0v) is 16.6. The number of hydrogen-bond acceptors (Lipinski definition) is 5. The Kier molecular flexibility index (Phi) is 6.38. The highest BCUT2D eigenvalue weighted by Crippen LogP contribution is 2.51. The van der Waals surface area contributed by atoms with Gasteiger partial charge in [-0.15, -0.1) is 11.3 Å². The zero-order chi connectivity index (χ0) is 18.4. The number of aromatic nitrogens is 1. The first-order valence-corrected chi connectivity index (χ1v) is 11.2. The molecule has 26 heavy (non-hydrogen) atoms. The zero-order valence-electron chi connectivity index (χ0n) is 14.9. The minimum Gasteiger partial charge on any atom is -0.309 e. The second kappa shape index (κ2) is 8.74. The van der Waals surface area contributed by atoms with E-state index in [1.54, 1.807) is 11.3 Å². The highest BCUT2D eigenvalue weighted by Gasteiger charge is 2.23. The molecule has 0 N–H and O–H groups in total. The van der Waals surface area contributed by atoms with Crippen molar-refractivity contribution in [3.05, 3.63) is 64.7 Å². The van der Waals surface area contributed by atoms with Crippen molar-refractivity contribution >= 4 is 41.3 Å². The predicted molar refractivity (Wildman–Crippen MR) is 110 cm³/mol. The molecule has 0 saturated heterocycles. The highest BCUT2D eigenvalue weighted by atomic mass is 32.1. The number of para-hydroxylation sites is 1. The third-order valence-electron chi connectivity index (χ3n) is 3.74. The Bertz CT molecular complexity index is 891. The van der Waals surface area contributed by atoms with Gasteiger partial charge in [0.05, 0.1) is 29.6 Å². The van der Waals surface area contributed by atoms with Crippen molar-refractivity contribution in [2.24, 2.45) is 0 Å². The summed E-state index contributed by atoms with van der Waals surface area (Å²) in [6, 6.07) is 16.0. The van der Waals surface area contributed by atoms with Crippen LogP contribution >= 0.6 is 18.9 Å². The Morgan fingerprint density at radius 2 is 1.69 bits per heavy atom. The standard InChI is InChI=1S/C20H22NO3PS/c1-3-23-25(22,24-4-2)15-17-11-9-16(10-12-17)13-14-20-21-18-7-5-6-8-19(18)26-20/h5-14H,3-4,15H2,1-2H3. The van der Waals surface area contributed by atoms with Crippen molar-refractivity contribution in [1.82, 2.24) is 4.98 Å². The number of rotatable bonds is 8. The fourth-order valence-corrected chi connectivity index (χ4v) is 5.18. The molecule has 3 aromatic rings. The molecule has 0 aliphatic rings. The normalized spacial score (nSPS) is 12.2. The summed E-state index contributed by atoms with van der Waals surface area (Å²) in [5, 5.41) is 0.979. The molecule has 0 saturated carbocycles. The monoisotopic (exact) mass is 387 g/mol. The van der Waals surface area contributed by atoms with E-state index in [4.69, 9.17) is 9.05 Å². The van der Waals surface area contributed by atoms with E-state index >= 15 is 0 Å². The lowest BCUT2D eigenvalue weighted by Gasteiger charge is -2.16. The first-order chi connectivity index (χ1) is 12.6. The maximum atomic E-state index is 12.6. The number of nitrogens with zero attached hydrogens (tertiary/aromatic N) is 1. The van der Waals surface area contributed by atoms with Gasteiger partial charge in [0.1, 0.15) is 5.01 Å². The van der Waals surface area contributed by atoms with Crippen molar-refractivity contribution in [1.29, 1.82) is 0 Å². The molecule has 0 aliphatic carbocycles. The van der Waals surface area contributed by atoms with Crippen LogP contribution in [0.5, 0.6) is 0 Å². The molecule has 0 radical (unpaired) electrons. The minimum atomic E-state index is -3.06. The van der Waals surface area contributed by atoms with E-state index in [0.29, 0.717) is 13.2 Å². The molecule has 136 valence electrons. The number of fused-ring (bicyclic) bond motifs is 1. The topological polar surface area (TPSA) is 48.4 Å². The van der Waals surface area contributed by atoms with Gasteiger partial charge < -0.3 is 9.05 Å². The second-order valence-electron chi connectivity index (χ2n) is 5.70. The summed E-state index contributed by atoms with van der Waals surface area (Å²) in [4.78, 5) is 4.60. The molecule has 0 aliphatic heterocycles. The van der Waals surface area contributed by atoms with Crippen molar-refractivity contribution in [2.75, 3.05) is 13.2 Å². The summed E-state index contributed by atoms with van der Waals surface area (Å²) >= 11 is 1.67. The van der Waals surface area contributed by atoms with Gasteiger partial charge in [0.25, 0.3) is 0 Å². The van der Waals surface area contributed by atoms with Crippen LogP contribution in [0, 0.1) is 0 Å². The molecule has 1 heterocycles. The largest absolute Gasteiger partial charge is 0.335 e. The van der Waals surface area contributed by atoms with Crippen molar-refractivity contribution in [2.45, 2.75) is 20.0 Å². The summed E-state index contributed by atoms with van der Waals surface area (Å²) < 4.78 is 24.5. The van der Waals surface area contributed by atoms with Gasteiger partial charge in [-0.05, 0) is 43.2 Å². The molecule has 4 nitrogen and oxygen atoms in total. The molecule has 0 amide bonds. The maximum Gasteiger partial charge on any atom is 0.335 e. The third kappa shape index (κ3) is 4.89. The highest BCUT2D eigenvalue weighted by molar-refractivity contribution is 7.53. The number of hydrogen-bond donors (Lipinski definition) is 0. The molecule has 0 unspecified atom stereocenters. The Morgan fingerprint density at radius 1 is 1.00 bits per heavy atom. The lowest BCUT2D eigenvalue weighted by molar-refractivity contribution is 0.219. The van der Waals surface area contributed by atoms with E-state index in [9.17, 15) is 4.57 Å². The van der Waals surface area contributed by atoms with Crippen LogP contribution in [0.4, 0.5) is 0 Å². The molecular formula is C20H22NO3PS. The Labute approximate surface area is 158 Å². The third-order valence-corrected chi connectivity index (χ3v) is 6.79. The van der Waals surface area contributed by atoms with Crippen LogP contribution < -0.4 is 0 Å². The van der Waals surface area contributed by atoms with Gasteiger partial charge in [0.2, 0.25) is 0 Å². The van der Waals surface area contributed by atoms with Gasteiger partial charge >= 0.3 is 7.60 Å². The first-order valence-electron chi connectivity index (χ1n) is 8.62. The molecular weight excluding hydrogens is 365 g/mol. The van der Waals surface area contributed by atoms with Crippen LogP contribution in [0.2, 0.25) is 0 Å². The van der Waals surface area contributed by atoms with Gasteiger partial charge in [-0.3, -0.25) is 4.57 Å². The van der Waals surface area contributed by atoms with Crippen LogP contribution in [-0.4, -0.2) is 18.2 Å². The van der Waals surface area contributed by atoms with E-state index in [1.807, 2.05) is 68.5 Å². The predicted octanol–water partition coefficient (Wildman–Crippen LogP) is 6.23. The first kappa shape index (κ1) is 19.0. The van der Waals surface area contributed by atoms with E-state index in [0.717, 1.165) is 21.7 Å². The van der Waals surface area contributed by atoms with Gasteiger partial charge in [-0.1, -0.05) is 42.5 Å². The Hall–Kier alpha value is -1.78. The lowest BCUT2D eigenvalue weighted by atomic mass is 10.1. The Balaban J connectivity index is 1.69. The fourth-order valence-electron chi connectivity index (χ4n) is 2.61. The van der Waals surface area contributed by atoms with Crippen molar-refractivity contribution < 1.29 is 13.6 Å². The summed E-state index contributed by atoms with van der Waals surface area (Å²) in [6.07, 6.45) is 4.34. The summed E-state index contributed by atoms with van der Waals surface area (Å²) in [7, 11) is -3.06. The molecule has 6 heteroatoms. The molecule has 3 rings (SSSR count). The summed E-state index contributed by atoms with van der Waals surface area (Å²) in [6.45, 7) is 4.39. The number of thiazole rings is 1. The van der Waals surface area contributed by atoms with E-state index in [-0.39, 0.29) is 6.16 Å². The maximum absolute atomic E-state index is 12.6. The molecule has 2 aromatic carbocycles. The number of benzene rings is 2. The molecule has 0 bridgehead atoms. The van der Waals surface area contributed by atoms with Gasteiger partial charge in [-0.25, -0.2) is 4.98 Å². The van der Waals surface area contributed by atoms with Crippen LogP contribution in [0.1, 0.15) is 30.0 Å². The van der Waals surface area contributed by atoms with Gasteiger partial charge in [0.15, 0.2) is 0 Å². The van der Waals surface area contributed by atoms with Crippen LogP contribution in [0.15, 0.2) is 48.5 Å². The smallest absolute Gasteiger partial charge is 0.309 e. The van der Waals surface area contributed by atoms with Crippen molar-refractivity contribution in [3.63, 3.8) is 0 Å². The van der Waals surface area contributed by atoms with Crippen LogP contribution in [-0.2, 0) is 19.8 Å². The Morgan fingerprint density at radius 3 is 2.35 bits per heavy atom. The average Bonchev–Trinajstić information content (AvgIpc) is 3.04. The van der Waals surface area contributed by atoms with E-state index < -0.39 is 7.60 Å². The average molecular weight is 387 g/mol. The SMILES string of the molecule is CCOP(=O)(Cc1ccc(C=Cc2nc3ccccc3s2)cc1)OCC. The van der Waals surface area contributed by atoms with Gasteiger partial charge in [-0.2, -0.15) is 0 Å². The quantitative estimate of drug-likeness (QED) is 0.430. The summed E-state index contributed by atoms with van der Waals surface area (Å²) in [5.41, 5.74) is 3.03. The summed E-state index contributed by atoms with van der Waals surface area (Å²) in [5.74, 6) is 0. The lowest BCUT2D eigenvalue weighted by Crippen LogP contribution is -1.99. The minimum absolute atomic E-state index is 0.288. The molecule has 0 fully saturated rings. The second-order valence-corrected chi connectivity index (χ2v) is 8.82. The van der Waals surface area contributed by atoms with E-state index in [2.05, 4.69) is 11.1 Å². The molecule has 0 atom stereocenters. The van der Waals surface area contributed by atoms with Gasteiger partial charge in [0, 0.05) is 0 Å².